The van der Waals surface area contributed by atoms with Gasteiger partial charge in [-0.3, -0.25) is 9.59 Å². The first-order valence-corrected chi connectivity index (χ1v) is 11.3. The van der Waals surface area contributed by atoms with E-state index >= 15 is 0 Å². The minimum Gasteiger partial charge on any atom is -0.434 e. The van der Waals surface area contributed by atoms with Crippen molar-refractivity contribution >= 4 is 23.7 Å². The fourth-order valence-corrected chi connectivity index (χ4v) is 3.83. The Morgan fingerprint density at radius 1 is 1.06 bits per heavy atom. The first kappa shape index (κ1) is 24.0. The molecular weight excluding hydrogens is 420 g/mol. The molecule has 0 unspecified atom stereocenters. The van der Waals surface area contributed by atoms with Gasteiger partial charge in [-0.2, -0.15) is 0 Å². The van der Waals surface area contributed by atoms with Crippen molar-refractivity contribution in [2.75, 3.05) is 11.9 Å². The zero-order chi connectivity index (χ0) is 23.6. The highest BCUT2D eigenvalue weighted by atomic mass is 16.7. The van der Waals surface area contributed by atoms with E-state index in [2.05, 4.69) is 10.6 Å². The SMILES string of the molecule is CCOC(=O)Oc1ccc(C(=O)Nc2cccc(CNC(=O)/C=C(\C)C3CCCC3)c2)cc1. The molecule has 7 heteroatoms. The number of nitrogens with one attached hydrogen (secondary N) is 2. The molecule has 2 aromatic carbocycles. The smallest absolute Gasteiger partial charge is 0.434 e. The fourth-order valence-electron chi connectivity index (χ4n) is 3.83. The van der Waals surface area contributed by atoms with Gasteiger partial charge in [0, 0.05) is 23.9 Å². The predicted molar refractivity (Wildman–Crippen MR) is 126 cm³/mol. The molecule has 7 nitrogen and oxygen atoms in total. The van der Waals surface area contributed by atoms with Gasteiger partial charge in [-0.1, -0.05) is 30.5 Å². The summed E-state index contributed by atoms with van der Waals surface area (Å²) < 4.78 is 9.71. The maximum Gasteiger partial charge on any atom is 0.513 e. The van der Waals surface area contributed by atoms with Crippen molar-refractivity contribution < 1.29 is 23.9 Å². The van der Waals surface area contributed by atoms with E-state index in [0.29, 0.717) is 29.5 Å². The number of carbonyl (C=O) groups excluding carboxylic acids is 3. The Morgan fingerprint density at radius 3 is 2.48 bits per heavy atom. The van der Waals surface area contributed by atoms with Crippen molar-refractivity contribution in [3.63, 3.8) is 0 Å². The van der Waals surface area contributed by atoms with E-state index in [1.807, 2.05) is 25.1 Å². The number of rotatable bonds is 8. The van der Waals surface area contributed by atoms with Gasteiger partial charge in [0.1, 0.15) is 5.75 Å². The third kappa shape index (κ3) is 7.49. The molecule has 1 saturated carbocycles. The summed E-state index contributed by atoms with van der Waals surface area (Å²) in [5, 5.41) is 5.76. The van der Waals surface area contributed by atoms with Crippen molar-refractivity contribution in [1.82, 2.24) is 5.32 Å². The lowest BCUT2D eigenvalue weighted by molar-refractivity contribution is -0.116. The summed E-state index contributed by atoms with van der Waals surface area (Å²) in [5.74, 6) is 0.424. The topological polar surface area (TPSA) is 93.7 Å². The van der Waals surface area contributed by atoms with Crippen molar-refractivity contribution in [3.8, 4) is 5.75 Å². The molecule has 0 saturated heterocycles. The standard InChI is InChI=1S/C26H30N2O5/c1-3-32-26(31)33-23-13-11-21(12-14-23)25(30)28-22-10-6-7-19(16-22)17-27-24(29)15-18(2)20-8-4-5-9-20/h6-7,10-16,20H,3-5,8-9,17H2,1-2H3,(H,27,29)(H,28,30)/b18-15+. The first-order valence-electron chi connectivity index (χ1n) is 11.3. The van der Waals surface area contributed by atoms with Crippen LogP contribution < -0.4 is 15.4 Å². The second-order valence-electron chi connectivity index (χ2n) is 8.05. The molecule has 0 atom stereocenters. The summed E-state index contributed by atoms with van der Waals surface area (Å²) in [5.41, 5.74) is 3.06. The van der Waals surface area contributed by atoms with Crippen LogP contribution in [0.4, 0.5) is 10.5 Å². The van der Waals surface area contributed by atoms with Crippen LogP contribution in [-0.4, -0.2) is 24.6 Å². The Kier molecular flexibility index (Phi) is 8.63. The number of benzene rings is 2. The molecule has 3 rings (SSSR count). The van der Waals surface area contributed by atoms with Gasteiger partial charge in [0.25, 0.3) is 5.91 Å². The van der Waals surface area contributed by atoms with Gasteiger partial charge in [-0.15, -0.1) is 0 Å². The lowest BCUT2D eigenvalue weighted by atomic mass is 9.99. The number of allylic oxidation sites excluding steroid dienone is 1. The van der Waals surface area contributed by atoms with E-state index in [-0.39, 0.29) is 18.4 Å². The quantitative estimate of drug-likeness (QED) is 0.326. The largest absolute Gasteiger partial charge is 0.513 e. The Morgan fingerprint density at radius 2 is 1.79 bits per heavy atom. The number of carbonyl (C=O) groups is 3. The zero-order valence-electron chi connectivity index (χ0n) is 19.1. The molecule has 0 bridgehead atoms. The molecule has 1 aliphatic carbocycles. The second kappa shape index (κ2) is 11.9. The van der Waals surface area contributed by atoms with Crippen LogP contribution in [0, 0.1) is 5.92 Å². The lowest BCUT2D eigenvalue weighted by Gasteiger charge is -2.11. The Hall–Kier alpha value is -3.61. The summed E-state index contributed by atoms with van der Waals surface area (Å²) in [6.07, 6.45) is 5.72. The molecule has 0 spiro atoms. The van der Waals surface area contributed by atoms with Gasteiger partial charge in [0.15, 0.2) is 0 Å². The van der Waals surface area contributed by atoms with Gasteiger partial charge >= 0.3 is 6.16 Å². The second-order valence-corrected chi connectivity index (χ2v) is 8.05. The number of amides is 2. The average Bonchev–Trinajstić information content (AvgIpc) is 3.34. The third-order valence-electron chi connectivity index (χ3n) is 5.59. The highest BCUT2D eigenvalue weighted by Gasteiger charge is 2.17. The van der Waals surface area contributed by atoms with Crippen LogP contribution in [0.25, 0.3) is 0 Å². The van der Waals surface area contributed by atoms with Gasteiger partial charge in [-0.05, 0) is 74.6 Å². The van der Waals surface area contributed by atoms with E-state index in [1.54, 1.807) is 31.2 Å². The normalized spacial score (nSPS) is 13.9. The summed E-state index contributed by atoms with van der Waals surface area (Å²) in [6.45, 7) is 4.31. The molecule has 1 aliphatic rings. The predicted octanol–water partition coefficient (Wildman–Crippen LogP) is 5.23. The van der Waals surface area contributed by atoms with Gasteiger partial charge < -0.3 is 20.1 Å². The number of hydrogen-bond acceptors (Lipinski definition) is 5. The summed E-state index contributed by atoms with van der Waals surface area (Å²) in [6, 6.07) is 13.5. The van der Waals surface area contributed by atoms with Crippen molar-refractivity contribution in [1.29, 1.82) is 0 Å². The fraction of sp³-hybridized carbons (Fsp3) is 0.346. The molecular formula is C26H30N2O5. The Bertz CT molecular complexity index is 1010. The van der Waals surface area contributed by atoms with E-state index < -0.39 is 6.16 Å². The van der Waals surface area contributed by atoms with Gasteiger partial charge in [0.2, 0.25) is 5.91 Å². The van der Waals surface area contributed by atoms with Crippen LogP contribution in [0.3, 0.4) is 0 Å². The molecule has 2 N–H and O–H groups in total. The lowest BCUT2D eigenvalue weighted by Crippen LogP contribution is -2.21. The summed E-state index contributed by atoms with van der Waals surface area (Å²) >= 11 is 0. The monoisotopic (exact) mass is 450 g/mol. The molecule has 2 amide bonds. The Balaban J connectivity index is 1.52. The maximum atomic E-state index is 12.6. The van der Waals surface area contributed by atoms with Crippen LogP contribution in [-0.2, 0) is 16.1 Å². The summed E-state index contributed by atoms with van der Waals surface area (Å²) in [4.78, 5) is 36.2. The molecule has 0 heterocycles. The Labute approximate surface area is 194 Å². The van der Waals surface area contributed by atoms with Crippen molar-refractivity contribution in [2.24, 2.45) is 5.92 Å². The minimum absolute atomic E-state index is 0.0982. The highest BCUT2D eigenvalue weighted by molar-refractivity contribution is 6.04. The number of anilines is 1. The molecule has 0 aliphatic heterocycles. The van der Waals surface area contributed by atoms with E-state index in [1.165, 1.54) is 37.8 Å². The average molecular weight is 451 g/mol. The minimum atomic E-state index is -0.789. The van der Waals surface area contributed by atoms with Crippen LogP contribution in [0.1, 0.15) is 55.5 Å². The molecule has 1 fully saturated rings. The van der Waals surface area contributed by atoms with Crippen molar-refractivity contribution in [3.05, 3.63) is 71.3 Å². The third-order valence-corrected chi connectivity index (χ3v) is 5.59. The van der Waals surface area contributed by atoms with Crippen LogP contribution >= 0.6 is 0 Å². The van der Waals surface area contributed by atoms with E-state index in [9.17, 15) is 14.4 Å². The molecule has 174 valence electrons. The zero-order valence-corrected chi connectivity index (χ0v) is 19.1. The summed E-state index contributed by atoms with van der Waals surface area (Å²) in [7, 11) is 0. The first-order chi connectivity index (χ1) is 15.9. The highest BCUT2D eigenvalue weighted by Crippen LogP contribution is 2.30. The molecule has 2 aromatic rings. The molecule has 33 heavy (non-hydrogen) atoms. The van der Waals surface area contributed by atoms with Crippen molar-refractivity contribution in [2.45, 2.75) is 46.1 Å². The van der Waals surface area contributed by atoms with Crippen LogP contribution in [0.15, 0.2) is 60.2 Å². The van der Waals surface area contributed by atoms with E-state index in [0.717, 1.165) is 11.1 Å². The van der Waals surface area contributed by atoms with Gasteiger partial charge in [-0.25, -0.2) is 4.79 Å². The van der Waals surface area contributed by atoms with Crippen LogP contribution in [0.5, 0.6) is 5.75 Å². The van der Waals surface area contributed by atoms with Crippen LogP contribution in [0.2, 0.25) is 0 Å². The number of hydrogen-bond donors (Lipinski definition) is 2. The van der Waals surface area contributed by atoms with Gasteiger partial charge in [0.05, 0.1) is 6.61 Å². The maximum absolute atomic E-state index is 12.6. The number of ether oxygens (including phenoxy) is 2. The van der Waals surface area contributed by atoms with E-state index in [4.69, 9.17) is 9.47 Å². The molecule has 0 aromatic heterocycles. The molecule has 0 radical (unpaired) electrons.